The smallest absolute Gasteiger partial charge is 0.246 e. The minimum absolute atomic E-state index is 0.731. The summed E-state index contributed by atoms with van der Waals surface area (Å²) in [6, 6.07) is 0.731. The van der Waals surface area contributed by atoms with E-state index in [0.717, 1.165) is 6.04 Å². The first kappa shape index (κ1) is 7.73. The van der Waals surface area contributed by atoms with Crippen molar-refractivity contribution in [3.63, 3.8) is 0 Å². The molecule has 2 atom stereocenters. The zero-order valence-electron chi connectivity index (χ0n) is 7.44. The second-order valence-electron chi connectivity index (χ2n) is 3.21. The van der Waals surface area contributed by atoms with Crippen LogP contribution in [0, 0.1) is 0 Å². The van der Waals surface area contributed by atoms with E-state index in [2.05, 4.69) is 32.4 Å². The zero-order chi connectivity index (χ0) is 7.72. The van der Waals surface area contributed by atoms with Crippen molar-refractivity contribution in [3.8, 4) is 0 Å². The summed E-state index contributed by atoms with van der Waals surface area (Å²) in [4.78, 5) is 1.63. The second kappa shape index (κ2) is 2.70. The molecule has 0 aromatic rings. The predicted molar refractivity (Wildman–Crippen MR) is 42.7 cm³/mol. The van der Waals surface area contributed by atoms with Crippen molar-refractivity contribution in [2.75, 3.05) is 20.1 Å². The number of nitrogens with zero attached hydrogens (tertiary/aromatic N) is 1. The molecule has 10 heavy (non-hydrogen) atoms. The number of amidine groups is 1. The molecule has 2 nitrogen and oxygen atoms in total. The molecule has 0 aromatic carbocycles. The molecular formula is C8H18N2+2. The van der Waals surface area contributed by atoms with Gasteiger partial charge >= 0.3 is 5.84 Å². The Labute approximate surface area is 63.2 Å². The number of nitrogens with one attached hydrogen (secondary N) is 1. The van der Waals surface area contributed by atoms with Gasteiger partial charge in [-0.25, -0.2) is 4.90 Å². The topological polar surface area (TPSA) is 7.45 Å². The summed E-state index contributed by atoms with van der Waals surface area (Å²) in [5.41, 5.74) is 0. The van der Waals surface area contributed by atoms with Crippen LogP contribution in [-0.2, 0) is 0 Å². The Morgan fingerprint density at radius 1 is 1.70 bits per heavy atom. The molecule has 1 aliphatic heterocycles. The first-order valence-corrected chi connectivity index (χ1v) is 4.08. The molecule has 0 aromatic heterocycles. The van der Waals surface area contributed by atoms with Gasteiger partial charge in [0.15, 0.2) is 0 Å². The molecule has 0 saturated heterocycles. The third-order valence-corrected chi connectivity index (χ3v) is 2.67. The highest BCUT2D eigenvalue weighted by Crippen LogP contribution is 1.89. The number of hydrogen-bond donors (Lipinski definition) is 1. The molecule has 2 heteroatoms. The normalized spacial score (nSPS) is 33.6. The lowest BCUT2D eigenvalue weighted by Crippen LogP contribution is -3.13. The standard InChI is InChI=1S/C8H17N2/c1-5-10-6-7(2)9(4)8(10)3/h7H,5-6H2,1-4H3/q+1/p+1. The Morgan fingerprint density at radius 2 is 2.30 bits per heavy atom. The van der Waals surface area contributed by atoms with Crippen molar-refractivity contribution < 1.29 is 9.48 Å². The van der Waals surface area contributed by atoms with Crippen LogP contribution < -0.4 is 4.90 Å². The minimum atomic E-state index is 0.731. The number of rotatable bonds is 1. The summed E-state index contributed by atoms with van der Waals surface area (Å²) in [6.07, 6.45) is 0. The molecule has 58 valence electrons. The molecule has 1 heterocycles. The van der Waals surface area contributed by atoms with Crippen molar-refractivity contribution >= 4 is 5.84 Å². The summed E-state index contributed by atoms with van der Waals surface area (Å²) >= 11 is 0. The SMILES string of the molecule is CC[NH+]1CC(C)[N+](C)=C1C. The fraction of sp³-hybridized carbons (Fsp3) is 0.875. The predicted octanol–water partition coefficient (Wildman–Crippen LogP) is -0.646. The fourth-order valence-corrected chi connectivity index (χ4v) is 1.62. The van der Waals surface area contributed by atoms with Gasteiger partial charge in [-0.2, -0.15) is 4.58 Å². The number of likely N-dealkylation sites (N-methyl/N-ethyl adjacent to an activating group) is 2. The Balaban J connectivity index is 2.73. The van der Waals surface area contributed by atoms with Gasteiger partial charge in [0.2, 0.25) is 6.04 Å². The van der Waals surface area contributed by atoms with Gasteiger partial charge in [0.25, 0.3) is 0 Å². The molecular weight excluding hydrogens is 124 g/mol. The molecule has 1 N–H and O–H groups in total. The average molecular weight is 142 g/mol. The van der Waals surface area contributed by atoms with E-state index in [1.165, 1.54) is 18.9 Å². The van der Waals surface area contributed by atoms with Gasteiger partial charge < -0.3 is 0 Å². The maximum atomic E-state index is 2.37. The lowest BCUT2D eigenvalue weighted by atomic mass is 10.3. The zero-order valence-corrected chi connectivity index (χ0v) is 7.44. The first-order chi connectivity index (χ1) is 4.66. The van der Waals surface area contributed by atoms with Gasteiger partial charge in [0, 0.05) is 6.92 Å². The summed E-state index contributed by atoms with van der Waals surface area (Å²) in [7, 11) is 2.18. The molecule has 0 bridgehead atoms. The number of hydrogen-bond acceptors (Lipinski definition) is 0. The van der Waals surface area contributed by atoms with E-state index in [9.17, 15) is 0 Å². The van der Waals surface area contributed by atoms with Crippen LogP contribution in [0.2, 0.25) is 0 Å². The summed E-state index contributed by atoms with van der Waals surface area (Å²) in [6.45, 7) is 9.25. The third kappa shape index (κ3) is 1.08. The van der Waals surface area contributed by atoms with Crippen LogP contribution in [0.4, 0.5) is 0 Å². The Hall–Kier alpha value is -0.370. The van der Waals surface area contributed by atoms with E-state index in [1.54, 1.807) is 4.90 Å². The van der Waals surface area contributed by atoms with E-state index in [0.29, 0.717) is 0 Å². The molecule has 0 spiro atoms. The quantitative estimate of drug-likeness (QED) is 0.465. The highest BCUT2D eigenvalue weighted by Gasteiger charge is 2.33. The van der Waals surface area contributed by atoms with E-state index < -0.39 is 0 Å². The maximum absolute atomic E-state index is 2.37. The van der Waals surface area contributed by atoms with Gasteiger partial charge in [0.05, 0.1) is 13.5 Å². The van der Waals surface area contributed by atoms with E-state index in [4.69, 9.17) is 0 Å². The highest BCUT2D eigenvalue weighted by atomic mass is 15.3. The van der Waals surface area contributed by atoms with Crippen LogP contribution in [0.1, 0.15) is 20.8 Å². The van der Waals surface area contributed by atoms with E-state index >= 15 is 0 Å². The van der Waals surface area contributed by atoms with Gasteiger partial charge in [0.1, 0.15) is 13.6 Å². The molecule has 0 saturated carbocycles. The van der Waals surface area contributed by atoms with E-state index in [1.807, 2.05) is 0 Å². The van der Waals surface area contributed by atoms with Crippen LogP contribution >= 0.6 is 0 Å². The monoisotopic (exact) mass is 142 g/mol. The van der Waals surface area contributed by atoms with Crippen LogP contribution in [0.5, 0.6) is 0 Å². The van der Waals surface area contributed by atoms with Crippen molar-refractivity contribution in [2.24, 2.45) is 0 Å². The lowest BCUT2D eigenvalue weighted by molar-refractivity contribution is -0.800. The minimum Gasteiger partial charge on any atom is -0.246 e. The molecule has 1 rings (SSSR count). The second-order valence-corrected chi connectivity index (χ2v) is 3.21. The van der Waals surface area contributed by atoms with E-state index in [-0.39, 0.29) is 0 Å². The first-order valence-electron chi connectivity index (χ1n) is 4.08. The van der Waals surface area contributed by atoms with Crippen LogP contribution in [0.15, 0.2) is 0 Å². The van der Waals surface area contributed by atoms with Gasteiger partial charge in [-0.1, -0.05) is 0 Å². The van der Waals surface area contributed by atoms with Gasteiger partial charge in [-0.05, 0) is 6.92 Å². The highest BCUT2D eigenvalue weighted by molar-refractivity contribution is 5.65. The van der Waals surface area contributed by atoms with Crippen molar-refractivity contribution in [1.29, 1.82) is 0 Å². The van der Waals surface area contributed by atoms with Crippen molar-refractivity contribution in [1.82, 2.24) is 0 Å². The molecule has 2 unspecified atom stereocenters. The van der Waals surface area contributed by atoms with Gasteiger partial charge in [-0.3, -0.25) is 0 Å². The third-order valence-electron chi connectivity index (χ3n) is 2.67. The summed E-state index contributed by atoms with van der Waals surface area (Å²) in [5.74, 6) is 1.50. The molecule has 0 fully saturated rings. The Bertz CT molecular complexity index is 161. The van der Waals surface area contributed by atoms with Crippen LogP contribution in [0.25, 0.3) is 0 Å². The van der Waals surface area contributed by atoms with Gasteiger partial charge in [-0.15, -0.1) is 0 Å². The molecule has 0 amide bonds. The van der Waals surface area contributed by atoms with Crippen LogP contribution in [-0.4, -0.2) is 36.6 Å². The Kier molecular flexibility index (Phi) is 2.09. The lowest BCUT2D eigenvalue weighted by Gasteiger charge is -2.02. The Morgan fingerprint density at radius 3 is 2.50 bits per heavy atom. The summed E-state index contributed by atoms with van der Waals surface area (Å²) in [5, 5.41) is 0. The van der Waals surface area contributed by atoms with Crippen molar-refractivity contribution in [3.05, 3.63) is 0 Å². The molecule has 0 radical (unpaired) electrons. The average Bonchev–Trinajstić information content (AvgIpc) is 2.17. The molecule has 1 aliphatic rings. The maximum Gasteiger partial charge on any atom is 0.333 e. The summed E-state index contributed by atoms with van der Waals surface area (Å²) < 4.78 is 2.37. The fourth-order valence-electron chi connectivity index (χ4n) is 1.62. The molecule has 0 aliphatic carbocycles. The largest absolute Gasteiger partial charge is 0.333 e. The number of quaternary nitrogens is 1. The van der Waals surface area contributed by atoms with Crippen molar-refractivity contribution in [2.45, 2.75) is 26.8 Å². The van der Waals surface area contributed by atoms with Crippen LogP contribution in [0.3, 0.4) is 0 Å².